The van der Waals surface area contributed by atoms with Crippen molar-refractivity contribution in [3.05, 3.63) is 30.2 Å². The molecule has 7 heteroatoms. The van der Waals surface area contributed by atoms with Crippen molar-refractivity contribution in [2.24, 2.45) is 13.0 Å². The second kappa shape index (κ2) is 7.76. The van der Waals surface area contributed by atoms with Gasteiger partial charge in [-0.3, -0.25) is 9.58 Å². The summed E-state index contributed by atoms with van der Waals surface area (Å²) in [5.74, 6) is 1.87. The van der Waals surface area contributed by atoms with E-state index in [0.29, 0.717) is 31.0 Å². The molecule has 3 aliphatic rings. The standard InChI is InChI=1S/C20H28N4O3/c1-3-7-21-20(25)27-13-15-10-14-6-8-24(15)12-16(14)18-11-17(22-23(18)2)19-5-4-9-26-19/h4-5,9,11,14-16H,3,6-8,10,12-13H2,1-2H3,(H,21,25)/t14-,15-,16+/m1/s1. The molecule has 3 saturated heterocycles. The number of nitrogens with one attached hydrogen (secondary N) is 1. The van der Waals surface area contributed by atoms with E-state index in [9.17, 15) is 4.79 Å². The van der Waals surface area contributed by atoms with E-state index in [2.05, 4.69) is 21.4 Å². The zero-order valence-corrected chi connectivity index (χ0v) is 16.1. The van der Waals surface area contributed by atoms with E-state index in [-0.39, 0.29) is 6.09 Å². The Balaban J connectivity index is 1.40. The van der Waals surface area contributed by atoms with Gasteiger partial charge in [0.1, 0.15) is 12.3 Å². The van der Waals surface area contributed by atoms with Gasteiger partial charge in [-0.25, -0.2) is 4.79 Å². The molecule has 5 heterocycles. The largest absolute Gasteiger partial charge is 0.463 e. The van der Waals surface area contributed by atoms with Gasteiger partial charge in [0.2, 0.25) is 0 Å². The zero-order chi connectivity index (χ0) is 18.8. The molecule has 3 fully saturated rings. The maximum Gasteiger partial charge on any atom is 0.407 e. The van der Waals surface area contributed by atoms with E-state index in [1.54, 1.807) is 6.26 Å². The first-order valence-corrected chi connectivity index (χ1v) is 9.88. The molecular weight excluding hydrogens is 344 g/mol. The van der Waals surface area contributed by atoms with Gasteiger partial charge in [0.25, 0.3) is 0 Å². The first kappa shape index (κ1) is 18.1. The van der Waals surface area contributed by atoms with E-state index in [1.807, 2.05) is 30.8 Å². The monoisotopic (exact) mass is 372 g/mol. The van der Waals surface area contributed by atoms with Crippen molar-refractivity contribution in [1.82, 2.24) is 20.0 Å². The maximum atomic E-state index is 11.7. The van der Waals surface area contributed by atoms with Crippen LogP contribution >= 0.6 is 0 Å². The van der Waals surface area contributed by atoms with Gasteiger partial charge in [0.05, 0.1) is 6.26 Å². The van der Waals surface area contributed by atoms with Crippen LogP contribution in [0.3, 0.4) is 0 Å². The normalized spacial score (nSPS) is 26.9. The molecule has 3 aliphatic heterocycles. The Morgan fingerprint density at radius 2 is 2.37 bits per heavy atom. The summed E-state index contributed by atoms with van der Waals surface area (Å²) in [6, 6.07) is 6.32. The summed E-state index contributed by atoms with van der Waals surface area (Å²) >= 11 is 0. The van der Waals surface area contributed by atoms with Crippen LogP contribution in [0, 0.1) is 5.92 Å². The Morgan fingerprint density at radius 1 is 1.48 bits per heavy atom. The van der Waals surface area contributed by atoms with Gasteiger partial charge in [-0.05, 0) is 49.9 Å². The molecule has 2 aromatic rings. The molecule has 0 spiro atoms. The number of aryl methyl sites for hydroxylation is 1. The van der Waals surface area contributed by atoms with Gasteiger partial charge >= 0.3 is 6.09 Å². The number of alkyl carbamates (subject to hydrolysis) is 1. The molecule has 7 nitrogen and oxygen atoms in total. The fourth-order valence-electron chi connectivity index (χ4n) is 4.47. The van der Waals surface area contributed by atoms with Crippen molar-refractivity contribution in [2.75, 3.05) is 26.2 Å². The molecule has 5 rings (SSSR count). The SMILES string of the molecule is CCCNC(=O)OC[C@H]1C[C@H]2CCN1C[C@@H]2c1cc(-c2ccco2)nn1C. The van der Waals surface area contributed by atoms with E-state index in [1.165, 1.54) is 12.1 Å². The number of aromatic nitrogens is 2. The van der Waals surface area contributed by atoms with Crippen LogP contribution in [0.2, 0.25) is 0 Å². The number of rotatable bonds is 6. The predicted molar refractivity (Wildman–Crippen MR) is 101 cm³/mol. The maximum absolute atomic E-state index is 11.7. The summed E-state index contributed by atoms with van der Waals surface area (Å²) in [6.07, 6.45) is 4.54. The zero-order valence-electron chi connectivity index (χ0n) is 16.1. The highest BCUT2D eigenvalue weighted by Gasteiger charge is 2.42. The minimum atomic E-state index is -0.300. The molecule has 146 valence electrons. The Kier molecular flexibility index (Phi) is 5.20. The van der Waals surface area contributed by atoms with Crippen molar-refractivity contribution < 1.29 is 13.9 Å². The molecule has 0 radical (unpaired) electrons. The van der Waals surface area contributed by atoms with Crippen LogP contribution in [-0.4, -0.2) is 53.1 Å². The molecule has 0 aliphatic carbocycles. The highest BCUT2D eigenvalue weighted by atomic mass is 16.5. The molecule has 1 N–H and O–H groups in total. The molecule has 0 aromatic carbocycles. The van der Waals surface area contributed by atoms with E-state index in [4.69, 9.17) is 9.15 Å². The highest BCUT2D eigenvalue weighted by molar-refractivity contribution is 5.67. The predicted octanol–water partition coefficient (Wildman–Crippen LogP) is 2.99. The van der Waals surface area contributed by atoms with Crippen LogP contribution in [0.25, 0.3) is 11.5 Å². The van der Waals surface area contributed by atoms with Crippen LogP contribution in [-0.2, 0) is 11.8 Å². The lowest BCUT2D eigenvalue weighted by Crippen LogP contribution is -2.54. The van der Waals surface area contributed by atoms with Crippen LogP contribution in [0.5, 0.6) is 0 Å². The third-order valence-electron chi connectivity index (χ3n) is 5.87. The first-order valence-electron chi connectivity index (χ1n) is 9.88. The second-order valence-electron chi connectivity index (χ2n) is 7.62. The molecule has 0 saturated carbocycles. The number of nitrogens with zero attached hydrogens (tertiary/aromatic N) is 3. The lowest BCUT2D eigenvalue weighted by molar-refractivity contribution is -0.00414. The summed E-state index contributed by atoms with van der Waals surface area (Å²) < 4.78 is 12.9. The number of hydrogen-bond donors (Lipinski definition) is 1. The number of amides is 1. The number of carbonyl (C=O) groups is 1. The van der Waals surface area contributed by atoms with Crippen molar-refractivity contribution >= 4 is 6.09 Å². The summed E-state index contributed by atoms with van der Waals surface area (Å²) in [5.41, 5.74) is 2.15. The Morgan fingerprint density at radius 3 is 3.07 bits per heavy atom. The number of furan rings is 1. The number of piperidine rings is 3. The Bertz CT molecular complexity index is 770. The van der Waals surface area contributed by atoms with Crippen LogP contribution in [0.1, 0.15) is 37.8 Å². The smallest absolute Gasteiger partial charge is 0.407 e. The quantitative estimate of drug-likeness (QED) is 0.844. The van der Waals surface area contributed by atoms with E-state index in [0.717, 1.165) is 37.4 Å². The lowest BCUT2D eigenvalue weighted by Gasteiger charge is -2.49. The summed E-state index contributed by atoms with van der Waals surface area (Å²) in [7, 11) is 2.01. The second-order valence-corrected chi connectivity index (χ2v) is 7.62. The van der Waals surface area contributed by atoms with Gasteiger partial charge in [-0.1, -0.05) is 6.92 Å². The van der Waals surface area contributed by atoms with Crippen molar-refractivity contribution in [2.45, 2.75) is 38.1 Å². The Labute approximate surface area is 159 Å². The molecular formula is C20H28N4O3. The fraction of sp³-hybridized carbons (Fsp3) is 0.600. The van der Waals surface area contributed by atoms with Crippen LogP contribution < -0.4 is 5.32 Å². The highest BCUT2D eigenvalue weighted by Crippen LogP contribution is 2.42. The number of fused-ring (bicyclic) bond motifs is 3. The minimum absolute atomic E-state index is 0.300. The first-order chi connectivity index (χ1) is 13.2. The summed E-state index contributed by atoms with van der Waals surface area (Å²) in [4.78, 5) is 14.2. The van der Waals surface area contributed by atoms with E-state index < -0.39 is 0 Å². The average Bonchev–Trinajstić information content (AvgIpc) is 3.34. The van der Waals surface area contributed by atoms with Gasteiger partial charge in [0, 0.05) is 37.8 Å². The van der Waals surface area contributed by atoms with Crippen LogP contribution in [0.4, 0.5) is 4.79 Å². The summed E-state index contributed by atoms with van der Waals surface area (Å²) in [6.45, 7) is 5.24. The topological polar surface area (TPSA) is 72.5 Å². The molecule has 2 aromatic heterocycles. The van der Waals surface area contributed by atoms with Gasteiger partial charge in [-0.15, -0.1) is 0 Å². The lowest BCUT2D eigenvalue weighted by atomic mass is 9.74. The third-order valence-corrected chi connectivity index (χ3v) is 5.87. The summed E-state index contributed by atoms with van der Waals surface area (Å²) in [5, 5.41) is 7.42. The fourth-order valence-corrected chi connectivity index (χ4v) is 4.47. The van der Waals surface area contributed by atoms with Crippen molar-refractivity contribution in [1.29, 1.82) is 0 Å². The number of hydrogen-bond acceptors (Lipinski definition) is 5. The molecule has 1 amide bonds. The van der Waals surface area contributed by atoms with Crippen molar-refractivity contribution in [3.63, 3.8) is 0 Å². The molecule has 4 atom stereocenters. The molecule has 1 unspecified atom stereocenters. The van der Waals surface area contributed by atoms with Gasteiger partial charge in [0.15, 0.2) is 5.76 Å². The van der Waals surface area contributed by atoms with Gasteiger partial charge < -0.3 is 14.5 Å². The van der Waals surface area contributed by atoms with Gasteiger partial charge in [-0.2, -0.15) is 5.10 Å². The Hall–Kier alpha value is -2.28. The molecule has 27 heavy (non-hydrogen) atoms. The van der Waals surface area contributed by atoms with Crippen LogP contribution in [0.15, 0.2) is 28.9 Å². The number of carbonyl (C=O) groups excluding carboxylic acids is 1. The average molecular weight is 372 g/mol. The minimum Gasteiger partial charge on any atom is -0.463 e. The molecule has 2 bridgehead atoms. The van der Waals surface area contributed by atoms with E-state index >= 15 is 0 Å². The third kappa shape index (κ3) is 3.74. The van der Waals surface area contributed by atoms with Crippen molar-refractivity contribution in [3.8, 4) is 11.5 Å². The number of ether oxygens (including phenoxy) is 1.